The number of hydrogen-bond acceptors (Lipinski definition) is 6. The highest BCUT2D eigenvalue weighted by Crippen LogP contribution is 2.28. The first-order chi connectivity index (χ1) is 13.8. The minimum Gasteiger partial charge on any atom is -0.495 e. The molecule has 0 saturated carbocycles. The Morgan fingerprint density at radius 1 is 1.03 bits per heavy atom. The third-order valence-corrected chi connectivity index (χ3v) is 6.40. The predicted octanol–water partition coefficient (Wildman–Crippen LogP) is 2.76. The highest BCUT2D eigenvalue weighted by atomic mass is 32.2. The molecule has 0 aliphatic heterocycles. The fourth-order valence-corrected chi connectivity index (χ4v) is 4.44. The summed E-state index contributed by atoms with van der Waals surface area (Å²) in [6.45, 7) is 4.03. The van der Waals surface area contributed by atoms with Crippen LogP contribution in [0.15, 0.2) is 47.4 Å². The van der Waals surface area contributed by atoms with Crippen molar-refractivity contribution in [1.29, 1.82) is 0 Å². The average Bonchev–Trinajstić information content (AvgIpc) is 2.73. The van der Waals surface area contributed by atoms with Gasteiger partial charge in [-0.25, -0.2) is 13.2 Å². The molecule has 0 aliphatic rings. The molecule has 0 atom stereocenters. The second kappa shape index (κ2) is 9.53. The average molecular weight is 420 g/mol. The molecule has 8 nitrogen and oxygen atoms in total. The van der Waals surface area contributed by atoms with Gasteiger partial charge in [0.1, 0.15) is 10.6 Å². The molecule has 0 saturated heterocycles. The molecule has 0 radical (unpaired) electrons. The van der Waals surface area contributed by atoms with Gasteiger partial charge in [0.15, 0.2) is 0 Å². The molecule has 0 fully saturated rings. The van der Waals surface area contributed by atoms with Crippen LogP contribution in [0, 0.1) is 0 Å². The molecule has 156 valence electrons. The van der Waals surface area contributed by atoms with Gasteiger partial charge >= 0.3 is 5.97 Å². The fraction of sp³-hybridized carbons (Fsp3) is 0.300. The van der Waals surface area contributed by atoms with Crippen LogP contribution in [0.5, 0.6) is 5.75 Å². The van der Waals surface area contributed by atoms with E-state index in [0.717, 1.165) is 0 Å². The van der Waals surface area contributed by atoms with Gasteiger partial charge in [-0.2, -0.15) is 4.31 Å². The van der Waals surface area contributed by atoms with Gasteiger partial charge in [0.2, 0.25) is 10.0 Å². The van der Waals surface area contributed by atoms with Crippen LogP contribution in [0.2, 0.25) is 0 Å². The van der Waals surface area contributed by atoms with Crippen LogP contribution >= 0.6 is 0 Å². The number of hydrogen-bond donors (Lipinski definition) is 1. The summed E-state index contributed by atoms with van der Waals surface area (Å²) in [7, 11) is -1.24. The molecule has 2 aromatic carbocycles. The zero-order valence-corrected chi connectivity index (χ0v) is 17.6. The van der Waals surface area contributed by atoms with Crippen molar-refractivity contribution in [2.45, 2.75) is 18.7 Å². The van der Waals surface area contributed by atoms with Gasteiger partial charge in [0.05, 0.1) is 25.5 Å². The summed E-state index contributed by atoms with van der Waals surface area (Å²) in [5.74, 6) is -1.02. The number of methoxy groups -OCH3 is 2. The van der Waals surface area contributed by atoms with Gasteiger partial charge in [0, 0.05) is 18.7 Å². The van der Waals surface area contributed by atoms with Crippen molar-refractivity contribution in [2.75, 3.05) is 32.6 Å². The van der Waals surface area contributed by atoms with E-state index in [-0.39, 0.29) is 40.5 Å². The zero-order chi connectivity index (χ0) is 21.6. The molecule has 1 N–H and O–H groups in total. The van der Waals surface area contributed by atoms with Crippen molar-refractivity contribution < 1.29 is 27.5 Å². The number of nitrogens with zero attached hydrogens (tertiary/aromatic N) is 1. The van der Waals surface area contributed by atoms with Crippen LogP contribution < -0.4 is 10.1 Å². The number of para-hydroxylation sites is 1. The van der Waals surface area contributed by atoms with Crippen molar-refractivity contribution in [3.05, 3.63) is 53.6 Å². The van der Waals surface area contributed by atoms with Gasteiger partial charge < -0.3 is 14.8 Å². The standard InChI is InChI=1S/C20H24N2O6S/c1-5-22(6-2)29(25,26)18-13-14(11-12-17(18)27-3)19(23)21-16-10-8-7-9-15(16)20(24)28-4/h7-13H,5-6H2,1-4H3,(H,21,23). The van der Waals surface area contributed by atoms with E-state index < -0.39 is 21.9 Å². The summed E-state index contributed by atoms with van der Waals surface area (Å²) in [4.78, 5) is 24.5. The van der Waals surface area contributed by atoms with Crippen LogP contribution in [-0.2, 0) is 14.8 Å². The molecule has 9 heteroatoms. The Morgan fingerprint density at radius 3 is 2.28 bits per heavy atom. The third-order valence-electron chi connectivity index (χ3n) is 4.33. The van der Waals surface area contributed by atoms with Crippen LogP contribution in [-0.4, -0.2) is 51.9 Å². The molecule has 0 spiro atoms. The third kappa shape index (κ3) is 4.75. The summed E-state index contributed by atoms with van der Waals surface area (Å²) < 4.78 is 37.1. The first kappa shape index (κ1) is 22.4. The van der Waals surface area contributed by atoms with Gasteiger partial charge in [-0.05, 0) is 30.3 Å². The molecule has 0 unspecified atom stereocenters. The number of amides is 1. The smallest absolute Gasteiger partial charge is 0.339 e. The Hall–Kier alpha value is -2.91. The molecule has 0 aliphatic carbocycles. The molecular weight excluding hydrogens is 396 g/mol. The lowest BCUT2D eigenvalue weighted by atomic mass is 10.1. The van der Waals surface area contributed by atoms with E-state index in [4.69, 9.17) is 9.47 Å². The molecule has 29 heavy (non-hydrogen) atoms. The van der Waals surface area contributed by atoms with Crippen molar-refractivity contribution in [3.63, 3.8) is 0 Å². The summed E-state index contributed by atoms with van der Waals surface area (Å²) in [5.41, 5.74) is 0.553. The SMILES string of the molecule is CCN(CC)S(=O)(=O)c1cc(C(=O)Nc2ccccc2C(=O)OC)ccc1OC. The predicted molar refractivity (Wildman–Crippen MR) is 109 cm³/mol. The maximum Gasteiger partial charge on any atom is 0.339 e. The topological polar surface area (TPSA) is 102 Å². The Kier molecular flexibility index (Phi) is 7.35. The Labute approximate surface area is 170 Å². The number of ether oxygens (including phenoxy) is 2. The van der Waals surface area contributed by atoms with Gasteiger partial charge in [-0.1, -0.05) is 26.0 Å². The monoisotopic (exact) mass is 420 g/mol. The van der Waals surface area contributed by atoms with Crippen LogP contribution in [0.4, 0.5) is 5.69 Å². The minimum atomic E-state index is -3.84. The minimum absolute atomic E-state index is 0.0994. The Bertz CT molecular complexity index is 1000. The molecule has 2 rings (SSSR count). The Balaban J connectivity index is 2.45. The second-order valence-electron chi connectivity index (χ2n) is 5.95. The van der Waals surface area contributed by atoms with Crippen molar-refractivity contribution in [3.8, 4) is 5.75 Å². The molecule has 0 aromatic heterocycles. The normalized spacial score (nSPS) is 11.2. The van der Waals surface area contributed by atoms with E-state index >= 15 is 0 Å². The number of esters is 1. The summed E-state index contributed by atoms with van der Waals surface area (Å²) in [5, 5.41) is 2.63. The van der Waals surface area contributed by atoms with Crippen molar-refractivity contribution in [2.24, 2.45) is 0 Å². The first-order valence-electron chi connectivity index (χ1n) is 8.97. The molecule has 0 bridgehead atoms. The lowest BCUT2D eigenvalue weighted by Gasteiger charge is -2.20. The molecule has 1 amide bonds. The van der Waals surface area contributed by atoms with Crippen molar-refractivity contribution in [1.82, 2.24) is 4.31 Å². The van der Waals surface area contributed by atoms with Crippen LogP contribution in [0.3, 0.4) is 0 Å². The fourth-order valence-electron chi connectivity index (χ4n) is 2.80. The summed E-state index contributed by atoms with van der Waals surface area (Å²) in [6, 6.07) is 10.5. The molecule has 0 heterocycles. The lowest BCUT2D eigenvalue weighted by molar-refractivity contribution is 0.0602. The maximum absolute atomic E-state index is 12.9. The van der Waals surface area contributed by atoms with Gasteiger partial charge in [0.25, 0.3) is 5.91 Å². The van der Waals surface area contributed by atoms with E-state index in [2.05, 4.69) is 5.32 Å². The van der Waals surface area contributed by atoms with E-state index in [1.54, 1.807) is 32.0 Å². The van der Waals surface area contributed by atoms with Crippen LogP contribution in [0.25, 0.3) is 0 Å². The highest BCUT2D eigenvalue weighted by Gasteiger charge is 2.27. The Morgan fingerprint density at radius 2 is 1.69 bits per heavy atom. The molecule has 2 aromatic rings. The number of sulfonamides is 1. The van der Waals surface area contributed by atoms with Gasteiger partial charge in [-0.15, -0.1) is 0 Å². The van der Waals surface area contributed by atoms with Crippen molar-refractivity contribution >= 4 is 27.6 Å². The number of rotatable bonds is 8. The largest absolute Gasteiger partial charge is 0.495 e. The number of anilines is 1. The number of benzene rings is 2. The van der Waals surface area contributed by atoms with E-state index in [0.29, 0.717) is 0 Å². The second-order valence-corrected chi connectivity index (χ2v) is 7.85. The first-order valence-corrected chi connectivity index (χ1v) is 10.4. The summed E-state index contributed by atoms with van der Waals surface area (Å²) in [6.07, 6.45) is 0. The van der Waals surface area contributed by atoms with E-state index in [1.807, 2.05) is 0 Å². The van der Waals surface area contributed by atoms with E-state index in [9.17, 15) is 18.0 Å². The quantitative estimate of drug-likeness (QED) is 0.659. The highest BCUT2D eigenvalue weighted by molar-refractivity contribution is 7.89. The number of nitrogens with one attached hydrogen (secondary N) is 1. The summed E-state index contributed by atoms with van der Waals surface area (Å²) >= 11 is 0. The van der Waals surface area contributed by atoms with Gasteiger partial charge in [-0.3, -0.25) is 4.79 Å². The zero-order valence-electron chi connectivity index (χ0n) is 16.8. The molecular formula is C20H24N2O6S. The van der Waals surface area contributed by atoms with E-state index in [1.165, 1.54) is 42.8 Å². The lowest BCUT2D eigenvalue weighted by Crippen LogP contribution is -2.31. The number of carbonyl (C=O) groups is 2. The van der Waals surface area contributed by atoms with Crippen LogP contribution in [0.1, 0.15) is 34.6 Å². The maximum atomic E-state index is 12.9. The number of carbonyl (C=O) groups excluding carboxylic acids is 2.